The largest absolute Gasteiger partial charge is 0.416 e. The lowest BCUT2D eigenvalue weighted by Gasteiger charge is -2.31. The van der Waals surface area contributed by atoms with E-state index < -0.39 is 11.7 Å². The first-order valence-electron chi connectivity index (χ1n) is 9.76. The van der Waals surface area contributed by atoms with Gasteiger partial charge < -0.3 is 4.90 Å². The minimum atomic E-state index is -4.33. The molecule has 0 aliphatic heterocycles. The molecule has 1 fully saturated rings. The summed E-state index contributed by atoms with van der Waals surface area (Å²) < 4.78 is 38.6. The molecule has 1 aliphatic carbocycles. The molecule has 0 bridgehead atoms. The van der Waals surface area contributed by atoms with E-state index in [1.807, 2.05) is 11.9 Å². The zero-order valence-electron chi connectivity index (χ0n) is 16.6. The maximum absolute atomic E-state index is 12.9. The highest BCUT2D eigenvalue weighted by atomic mass is 32.1. The molecule has 4 rings (SSSR count). The molecule has 2 aromatic heterocycles. The van der Waals surface area contributed by atoms with Crippen molar-refractivity contribution in [3.8, 4) is 0 Å². The van der Waals surface area contributed by atoms with Crippen LogP contribution in [-0.2, 0) is 6.18 Å². The zero-order chi connectivity index (χ0) is 22.0. The number of hydrogen-bond donors (Lipinski definition) is 1. The number of pyridine rings is 1. The number of aromatic nitrogens is 3. The van der Waals surface area contributed by atoms with Crippen molar-refractivity contribution in [2.75, 3.05) is 17.3 Å². The summed E-state index contributed by atoms with van der Waals surface area (Å²) in [5, 5.41) is 10.5. The average molecular weight is 447 g/mol. The van der Waals surface area contributed by atoms with E-state index in [9.17, 15) is 18.0 Å². The van der Waals surface area contributed by atoms with Gasteiger partial charge in [-0.05, 0) is 42.7 Å². The van der Waals surface area contributed by atoms with Crippen molar-refractivity contribution in [3.63, 3.8) is 0 Å². The summed E-state index contributed by atoms with van der Waals surface area (Å²) in [6.07, 6.45) is -0.0163. The Hall–Kier alpha value is -3.01. The molecule has 1 N–H and O–H groups in total. The minimum absolute atomic E-state index is 0.116. The highest BCUT2D eigenvalue weighted by Crippen LogP contribution is 2.39. The molecule has 162 valence electrons. The van der Waals surface area contributed by atoms with Crippen LogP contribution in [0.15, 0.2) is 48.1 Å². The Morgan fingerprint density at radius 2 is 1.94 bits per heavy atom. The monoisotopic (exact) mass is 447 g/mol. The molecule has 0 spiro atoms. The number of hydrogen-bond acceptors (Lipinski definition) is 6. The van der Waals surface area contributed by atoms with Crippen molar-refractivity contribution >= 4 is 28.2 Å². The molecule has 1 saturated carbocycles. The molecule has 2 heterocycles. The van der Waals surface area contributed by atoms with Crippen molar-refractivity contribution in [3.05, 3.63) is 64.8 Å². The second kappa shape index (κ2) is 8.62. The Morgan fingerprint density at radius 1 is 1.16 bits per heavy atom. The van der Waals surface area contributed by atoms with Gasteiger partial charge in [0.05, 0.1) is 11.1 Å². The van der Waals surface area contributed by atoms with E-state index in [4.69, 9.17) is 0 Å². The van der Waals surface area contributed by atoms with Crippen LogP contribution >= 0.6 is 11.3 Å². The number of amides is 1. The number of anilines is 2. The van der Waals surface area contributed by atoms with E-state index in [1.165, 1.54) is 23.0 Å². The smallest absolute Gasteiger partial charge is 0.356 e. The van der Waals surface area contributed by atoms with Crippen molar-refractivity contribution in [2.24, 2.45) is 0 Å². The first kappa shape index (κ1) is 21.2. The number of nitrogens with zero attached hydrogens (tertiary/aromatic N) is 4. The lowest BCUT2D eigenvalue weighted by molar-refractivity contribution is -0.137. The molecule has 6 nitrogen and oxygen atoms in total. The van der Waals surface area contributed by atoms with Crippen LogP contribution in [-0.4, -0.2) is 34.2 Å². The van der Waals surface area contributed by atoms with E-state index in [-0.39, 0.29) is 17.9 Å². The standard InChI is InChI=1S/C21H20F3N5OS/c1-29(18-10-7-14(11-25-18)19(30)27-20-28-26-12-31-20)17-4-2-3-16(17)13-5-8-15(9-6-13)21(22,23)24/h5-12,16-17H,2-4H2,1H3,(H,27,28,30)/t16-,17-/m1/s1. The molecule has 3 aromatic rings. The number of alkyl halides is 3. The average Bonchev–Trinajstić information content (AvgIpc) is 3.45. The van der Waals surface area contributed by atoms with Gasteiger partial charge in [-0.25, -0.2) is 4.98 Å². The summed E-state index contributed by atoms with van der Waals surface area (Å²) >= 11 is 1.23. The summed E-state index contributed by atoms with van der Waals surface area (Å²) in [6, 6.07) is 9.03. The molecule has 1 amide bonds. The van der Waals surface area contributed by atoms with Crippen LogP contribution in [0.2, 0.25) is 0 Å². The zero-order valence-corrected chi connectivity index (χ0v) is 17.5. The Kier molecular flexibility index (Phi) is 5.90. The second-order valence-corrected chi connectivity index (χ2v) is 8.27. The van der Waals surface area contributed by atoms with E-state index in [0.29, 0.717) is 16.5 Å². The van der Waals surface area contributed by atoms with E-state index in [2.05, 4.69) is 20.5 Å². The third kappa shape index (κ3) is 4.68. The Balaban J connectivity index is 1.46. The predicted molar refractivity (Wildman–Crippen MR) is 112 cm³/mol. The first-order valence-corrected chi connectivity index (χ1v) is 10.6. The molecule has 0 unspecified atom stereocenters. The van der Waals surface area contributed by atoms with Crippen LogP contribution < -0.4 is 10.2 Å². The van der Waals surface area contributed by atoms with Gasteiger partial charge in [-0.1, -0.05) is 29.9 Å². The Bertz CT molecular complexity index is 1020. The van der Waals surface area contributed by atoms with Gasteiger partial charge in [0.1, 0.15) is 11.3 Å². The lowest BCUT2D eigenvalue weighted by Crippen LogP contribution is -2.34. The van der Waals surface area contributed by atoms with E-state index in [0.717, 1.165) is 37.0 Å². The number of rotatable bonds is 5. The first-order chi connectivity index (χ1) is 14.8. The summed E-state index contributed by atoms with van der Waals surface area (Å²) in [5.41, 5.74) is 2.19. The predicted octanol–water partition coefficient (Wildman–Crippen LogP) is 4.98. The number of likely N-dealkylation sites (N-methyl/N-ethyl adjacent to an activating group) is 1. The molecule has 1 aromatic carbocycles. The van der Waals surface area contributed by atoms with E-state index >= 15 is 0 Å². The van der Waals surface area contributed by atoms with Gasteiger partial charge in [0.25, 0.3) is 5.91 Å². The molecular formula is C21H20F3N5OS. The van der Waals surface area contributed by atoms with Crippen molar-refractivity contribution < 1.29 is 18.0 Å². The summed E-state index contributed by atoms with van der Waals surface area (Å²) in [7, 11) is 1.93. The lowest BCUT2D eigenvalue weighted by atomic mass is 9.92. The number of carbonyl (C=O) groups is 1. The summed E-state index contributed by atoms with van der Waals surface area (Å²) in [4.78, 5) is 18.8. The molecular weight excluding hydrogens is 427 g/mol. The highest BCUT2D eigenvalue weighted by molar-refractivity contribution is 7.13. The van der Waals surface area contributed by atoms with Crippen molar-refractivity contribution in [2.45, 2.75) is 37.4 Å². The topological polar surface area (TPSA) is 71.0 Å². The molecule has 10 heteroatoms. The van der Waals surface area contributed by atoms with Gasteiger partial charge in [0.15, 0.2) is 0 Å². The van der Waals surface area contributed by atoms with Crippen molar-refractivity contribution in [1.29, 1.82) is 0 Å². The third-order valence-electron chi connectivity index (χ3n) is 5.60. The molecule has 31 heavy (non-hydrogen) atoms. The van der Waals surface area contributed by atoms with E-state index in [1.54, 1.807) is 24.3 Å². The fourth-order valence-corrected chi connectivity index (χ4v) is 4.45. The third-order valence-corrected chi connectivity index (χ3v) is 6.20. The summed E-state index contributed by atoms with van der Waals surface area (Å²) in [5.74, 6) is 0.507. The van der Waals surface area contributed by atoms with Gasteiger partial charge >= 0.3 is 6.18 Å². The molecule has 1 aliphatic rings. The van der Waals surface area contributed by atoms with Crippen molar-refractivity contribution in [1.82, 2.24) is 15.2 Å². The number of benzene rings is 1. The van der Waals surface area contributed by atoms with Crippen LogP contribution in [0.4, 0.5) is 24.1 Å². The quantitative estimate of drug-likeness (QED) is 0.598. The maximum atomic E-state index is 12.9. The van der Waals surface area contributed by atoms with Crippen LogP contribution in [0.25, 0.3) is 0 Å². The normalized spacial score (nSPS) is 18.7. The van der Waals surface area contributed by atoms with Gasteiger partial charge in [-0.15, -0.1) is 10.2 Å². The second-order valence-electron chi connectivity index (χ2n) is 7.44. The number of carbonyl (C=O) groups excluding carboxylic acids is 1. The molecule has 2 atom stereocenters. The summed E-state index contributed by atoms with van der Waals surface area (Å²) in [6.45, 7) is 0. The molecule has 0 saturated heterocycles. The Morgan fingerprint density at radius 3 is 2.55 bits per heavy atom. The fraction of sp³-hybridized carbons (Fsp3) is 0.333. The highest BCUT2D eigenvalue weighted by Gasteiger charge is 2.34. The van der Waals surface area contributed by atoms with Gasteiger partial charge in [0.2, 0.25) is 5.13 Å². The maximum Gasteiger partial charge on any atom is 0.416 e. The van der Waals surface area contributed by atoms with Crippen LogP contribution in [0.5, 0.6) is 0 Å². The minimum Gasteiger partial charge on any atom is -0.356 e. The Labute approximate surface area is 181 Å². The number of nitrogens with one attached hydrogen (secondary N) is 1. The van der Waals surface area contributed by atoms with Gasteiger partial charge in [-0.3, -0.25) is 10.1 Å². The fourth-order valence-electron chi connectivity index (χ4n) is 4.01. The van der Waals surface area contributed by atoms with Crippen LogP contribution in [0.1, 0.15) is 46.7 Å². The molecule has 0 radical (unpaired) electrons. The number of halogens is 3. The van der Waals surface area contributed by atoms with Gasteiger partial charge in [-0.2, -0.15) is 13.2 Å². The SMILES string of the molecule is CN(c1ccc(C(=O)Nc2nncs2)cn1)[C@@H]1CCC[C@@H]1c1ccc(C(F)(F)F)cc1. The van der Waals surface area contributed by atoms with Gasteiger partial charge in [0, 0.05) is 25.2 Å². The van der Waals surface area contributed by atoms with Crippen LogP contribution in [0.3, 0.4) is 0 Å². The van der Waals surface area contributed by atoms with Crippen LogP contribution in [0, 0.1) is 0 Å².